The van der Waals surface area contributed by atoms with Gasteiger partial charge in [-0.25, -0.2) is 0 Å². The summed E-state index contributed by atoms with van der Waals surface area (Å²) in [5.74, 6) is 1.08. The van der Waals surface area contributed by atoms with E-state index in [1.807, 2.05) is 37.4 Å². The molecule has 0 aliphatic carbocycles. The largest absolute Gasteiger partial charge is 0.454 e. The van der Waals surface area contributed by atoms with Gasteiger partial charge in [-0.2, -0.15) is 5.10 Å². The maximum atomic E-state index is 12.3. The van der Waals surface area contributed by atoms with Gasteiger partial charge in [0.05, 0.1) is 16.2 Å². The van der Waals surface area contributed by atoms with E-state index in [1.54, 1.807) is 4.68 Å². The van der Waals surface area contributed by atoms with Crippen LogP contribution in [0.4, 0.5) is 5.69 Å². The van der Waals surface area contributed by atoms with Gasteiger partial charge in [-0.15, -0.1) is 0 Å². The average molecular weight is 356 g/mol. The normalized spacial score (nSPS) is 18.3. The third-order valence-corrected chi connectivity index (χ3v) is 5.08. The highest BCUT2D eigenvalue weighted by Gasteiger charge is 2.33. The number of hydrogen-bond acceptors (Lipinski definition) is 4. The van der Waals surface area contributed by atoms with Crippen molar-refractivity contribution in [3.8, 4) is 11.5 Å². The first-order chi connectivity index (χ1) is 12.1. The van der Waals surface area contributed by atoms with Crippen LogP contribution in [-0.4, -0.2) is 22.5 Å². The molecule has 0 radical (unpaired) electrons. The van der Waals surface area contributed by atoms with Crippen LogP contribution in [0.3, 0.4) is 0 Å². The van der Waals surface area contributed by atoms with Crippen molar-refractivity contribution in [2.45, 2.75) is 12.3 Å². The molecule has 5 rings (SSSR count). The maximum Gasteiger partial charge on any atom is 0.231 e. The monoisotopic (exact) mass is 355 g/mol. The lowest BCUT2D eigenvalue weighted by Gasteiger charge is -2.25. The predicted molar refractivity (Wildman–Crippen MR) is 93.4 cm³/mol. The molecule has 1 aromatic heterocycles. The summed E-state index contributed by atoms with van der Waals surface area (Å²) in [5.41, 5.74) is 3.44. The fourth-order valence-electron chi connectivity index (χ4n) is 3.64. The number of aryl methyl sites for hydroxylation is 1. The second-order valence-electron chi connectivity index (χ2n) is 6.24. The number of carbonyl (C=O) groups excluding carboxylic acids is 1. The molecule has 1 atom stereocenters. The molecule has 3 aromatic rings. The van der Waals surface area contributed by atoms with Gasteiger partial charge in [0.15, 0.2) is 11.5 Å². The Hall–Kier alpha value is -2.73. The highest BCUT2D eigenvalue weighted by atomic mass is 35.5. The highest BCUT2D eigenvalue weighted by Crippen LogP contribution is 2.46. The van der Waals surface area contributed by atoms with E-state index in [-0.39, 0.29) is 18.6 Å². The number of carbonyl (C=O) groups is 1. The summed E-state index contributed by atoms with van der Waals surface area (Å²) in [6.07, 6.45) is 0.310. The molecule has 2 aliphatic rings. The van der Waals surface area contributed by atoms with Crippen molar-refractivity contribution in [1.82, 2.24) is 9.78 Å². The number of anilines is 1. The lowest BCUT2D eigenvalue weighted by molar-refractivity contribution is -0.116. The Morgan fingerprint density at radius 3 is 2.92 bits per heavy atom. The van der Waals surface area contributed by atoms with Crippen LogP contribution >= 0.6 is 11.6 Å². The van der Waals surface area contributed by atoms with Gasteiger partial charge in [0.2, 0.25) is 12.7 Å². The van der Waals surface area contributed by atoms with Crippen LogP contribution in [0, 0.1) is 0 Å². The number of benzene rings is 2. The van der Waals surface area contributed by atoms with Crippen molar-refractivity contribution >= 4 is 34.1 Å². The van der Waals surface area contributed by atoms with Gasteiger partial charge in [-0.3, -0.25) is 9.48 Å². The van der Waals surface area contributed by atoms with Crippen molar-refractivity contribution in [1.29, 1.82) is 0 Å². The second-order valence-corrected chi connectivity index (χ2v) is 6.65. The molecular weight excluding hydrogens is 342 g/mol. The zero-order valence-electron chi connectivity index (χ0n) is 13.4. The zero-order chi connectivity index (χ0) is 17.1. The Morgan fingerprint density at radius 2 is 2.08 bits per heavy atom. The number of nitrogens with zero attached hydrogens (tertiary/aromatic N) is 2. The van der Waals surface area contributed by atoms with Crippen LogP contribution in [0.1, 0.15) is 23.6 Å². The molecule has 0 saturated carbocycles. The highest BCUT2D eigenvalue weighted by molar-refractivity contribution is 6.35. The summed E-state index contributed by atoms with van der Waals surface area (Å²) in [7, 11) is 1.88. The van der Waals surface area contributed by atoms with E-state index in [9.17, 15) is 4.79 Å². The van der Waals surface area contributed by atoms with E-state index in [4.69, 9.17) is 21.1 Å². The van der Waals surface area contributed by atoms with Gasteiger partial charge in [0.1, 0.15) is 0 Å². The van der Waals surface area contributed by atoms with Crippen LogP contribution in [0.15, 0.2) is 30.3 Å². The quantitative estimate of drug-likeness (QED) is 0.726. The van der Waals surface area contributed by atoms with E-state index < -0.39 is 0 Å². The Balaban J connectivity index is 1.75. The minimum Gasteiger partial charge on any atom is -0.454 e. The Labute approximate surface area is 148 Å². The minimum absolute atomic E-state index is 0.0535. The molecular formula is C18H14ClN3O3. The molecule has 25 heavy (non-hydrogen) atoms. The fourth-order valence-corrected chi connectivity index (χ4v) is 3.91. The fraction of sp³-hybridized carbons (Fsp3) is 0.222. The Bertz CT molecular complexity index is 1040. The van der Waals surface area contributed by atoms with Crippen LogP contribution in [0.2, 0.25) is 5.02 Å². The number of nitrogens with one attached hydrogen (secondary N) is 1. The van der Waals surface area contributed by atoms with Crippen LogP contribution in [0.25, 0.3) is 10.9 Å². The van der Waals surface area contributed by atoms with E-state index in [0.29, 0.717) is 22.9 Å². The number of rotatable bonds is 1. The number of fused-ring (bicyclic) bond motifs is 3. The molecule has 126 valence electrons. The number of hydrogen-bond donors (Lipinski definition) is 1. The van der Waals surface area contributed by atoms with Gasteiger partial charge in [-0.05, 0) is 23.8 Å². The smallest absolute Gasteiger partial charge is 0.231 e. The van der Waals surface area contributed by atoms with E-state index >= 15 is 0 Å². The molecule has 1 amide bonds. The summed E-state index contributed by atoms with van der Waals surface area (Å²) in [6, 6.07) is 9.46. The van der Waals surface area contributed by atoms with E-state index in [2.05, 4.69) is 10.4 Å². The zero-order valence-corrected chi connectivity index (χ0v) is 14.1. The number of aromatic nitrogens is 2. The van der Waals surface area contributed by atoms with Gasteiger partial charge >= 0.3 is 0 Å². The SMILES string of the molecule is Cn1nc([C@H]2CC(=O)Nc3cc4c(cc32)OCO4)c2c(Cl)cccc21. The molecule has 6 nitrogen and oxygen atoms in total. The first-order valence-corrected chi connectivity index (χ1v) is 8.34. The number of ether oxygens (including phenoxy) is 2. The summed E-state index contributed by atoms with van der Waals surface area (Å²) >= 11 is 6.45. The first kappa shape index (κ1) is 14.6. The predicted octanol–water partition coefficient (Wildman–Crippen LogP) is 3.43. The third kappa shape index (κ3) is 2.10. The summed E-state index contributed by atoms with van der Waals surface area (Å²) in [6.45, 7) is 0.190. The summed E-state index contributed by atoms with van der Waals surface area (Å²) in [4.78, 5) is 12.3. The van der Waals surface area contributed by atoms with Crippen molar-refractivity contribution in [2.24, 2.45) is 7.05 Å². The Morgan fingerprint density at radius 1 is 1.28 bits per heavy atom. The molecule has 1 N–H and O–H groups in total. The molecule has 0 saturated heterocycles. The Kier molecular flexibility index (Phi) is 3.00. The lowest BCUT2D eigenvalue weighted by atomic mass is 9.86. The summed E-state index contributed by atoms with van der Waals surface area (Å²) in [5, 5.41) is 9.12. The number of amides is 1. The average Bonchev–Trinajstić information content (AvgIpc) is 3.17. The third-order valence-electron chi connectivity index (χ3n) is 4.77. The van der Waals surface area contributed by atoms with Crippen LogP contribution in [0.5, 0.6) is 11.5 Å². The van der Waals surface area contributed by atoms with Crippen LogP contribution in [-0.2, 0) is 11.8 Å². The van der Waals surface area contributed by atoms with Crippen molar-refractivity contribution in [3.05, 3.63) is 46.6 Å². The summed E-state index contributed by atoms with van der Waals surface area (Å²) < 4.78 is 12.7. The van der Waals surface area contributed by atoms with Crippen molar-refractivity contribution in [3.63, 3.8) is 0 Å². The van der Waals surface area contributed by atoms with Gasteiger partial charge in [0.25, 0.3) is 0 Å². The van der Waals surface area contributed by atoms with E-state index in [0.717, 1.165) is 27.8 Å². The molecule has 0 fully saturated rings. The maximum absolute atomic E-state index is 12.3. The lowest BCUT2D eigenvalue weighted by Crippen LogP contribution is -2.24. The minimum atomic E-state index is -0.193. The molecule has 7 heteroatoms. The molecule has 2 aromatic carbocycles. The van der Waals surface area contributed by atoms with Crippen LogP contribution < -0.4 is 14.8 Å². The van der Waals surface area contributed by atoms with Crippen molar-refractivity contribution in [2.75, 3.05) is 12.1 Å². The second kappa shape index (κ2) is 5.13. The van der Waals surface area contributed by atoms with Gasteiger partial charge in [0, 0.05) is 36.5 Å². The molecule has 2 aliphatic heterocycles. The van der Waals surface area contributed by atoms with Crippen molar-refractivity contribution < 1.29 is 14.3 Å². The molecule has 0 unspecified atom stereocenters. The standard InChI is InChI=1S/C18H14ClN3O3/c1-22-13-4-2-3-11(19)17(13)18(21-22)10-6-16(23)20-12-7-15-14(5-9(10)12)24-8-25-15/h2-5,7,10H,6,8H2,1H3,(H,20,23)/t10-/m0/s1. The number of halogens is 1. The van der Waals surface area contributed by atoms with E-state index in [1.165, 1.54) is 0 Å². The first-order valence-electron chi connectivity index (χ1n) is 7.96. The van der Waals surface area contributed by atoms with Gasteiger partial charge in [-0.1, -0.05) is 17.7 Å². The molecule has 0 bridgehead atoms. The van der Waals surface area contributed by atoms with Gasteiger partial charge < -0.3 is 14.8 Å². The topological polar surface area (TPSA) is 65.4 Å². The molecule has 0 spiro atoms. The molecule has 3 heterocycles.